The molecule has 4 nitrogen and oxygen atoms in total. The van der Waals surface area contributed by atoms with Crippen molar-refractivity contribution in [2.45, 2.75) is 25.4 Å². The molecule has 1 atom stereocenters. The van der Waals surface area contributed by atoms with Crippen LogP contribution in [-0.2, 0) is 0 Å². The number of hydrogen-bond acceptors (Lipinski definition) is 4. The number of benzene rings is 1. The minimum absolute atomic E-state index is 0.228. The summed E-state index contributed by atoms with van der Waals surface area (Å²) in [6, 6.07) is 7.40. The third kappa shape index (κ3) is 3.18. The van der Waals surface area contributed by atoms with Crippen LogP contribution >= 0.6 is 0 Å². The normalized spacial score (nSPS) is 23.7. The molecule has 0 N–H and O–H groups in total. The first-order valence-corrected chi connectivity index (χ1v) is 6.52. The first-order chi connectivity index (χ1) is 9.06. The van der Waals surface area contributed by atoms with E-state index in [9.17, 15) is 0 Å². The van der Waals surface area contributed by atoms with Crippen LogP contribution in [0.2, 0.25) is 0 Å². The predicted octanol–water partition coefficient (Wildman–Crippen LogP) is 2.43. The molecule has 1 heterocycles. The lowest BCUT2D eigenvalue weighted by Crippen LogP contribution is -2.48. The quantitative estimate of drug-likeness (QED) is 0.837. The molecule has 102 valence electrons. The Morgan fingerprint density at radius 1 is 1.37 bits per heavy atom. The minimum atomic E-state index is -0.228. The summed E-state index contributed by atoms with van der Waals surface area (Å²) in [4.78, 5) is 2.27. The van der Waals surface area contributed by atoms with Crippen molar-refractivity contribution in [1.82, 2.24) is 4.90 Å². The molecule has 1 aliphatic heterocycles. The van der Waals surface area contributed by atoms with Crippen LogP contribution in [0.5, 0.6) is 11.5 Å². The second-order valence-electron chi connectivity index (χ2n) is 5.37. The monoisotopic (exact) mass is 260 g/mol. The Morgan fingerprint density at radius 2 is 2.16 bits per heavy atom. The van der Waals surface area contributed by atoms with E-state index >= 15 is 0 Å². The Morgan fingerprint density at radius 3 is 2.79 bits per heavy atom. The third-order valence-corrected chi connectivity index (χ3v) is 3.50. The Labute approximate surface area is 114 Å². The molecule has 2 rings (SSSR count). The van der Waals surface area contributed by atoms with Gasteiger partial charge in [0.25, 0.3) is 0 Å². The van der Waals surface area contributed by atoms with E-state index in [4.69, 9.17) is 14.7 Å². The highest BCUT2D eigenvalue weighted by atomic mass is 16.5. The van der Waals surface area contributed by atoms with E-state index in [-0.39, 0.29) is 5.60 Å². The van der Waals surface area contributed by atoms with Gasteiger partial charge in [-0.3, -0.25) is 0 Å². The Kier molecular flexibility index (Phi) is 3.96. The zero-order valence-electron chi connectivity index (χ0n) is 11.8. The molecule has 1 saturated heterocycles. The summed E-state index contributed by atoms with van der Waals surface area (Å²) in [5.74, 6) is 1.33. The summed E-state index contributed by atoms with van der Waals surface area (Å²) < 4.78 is 11.5. The average Bonchev–Trinajstić information content (AvgIpc) is 2.37. The molecule has 0 aromatic heterocycles. The van der Waals surface area contributed by atoms with Gasteiger partial charge in [-0.05, 0) is 45.5 Å². The number of nitrogens with zero attached hydrogens (tertiary/aromatic N) is 2. The summed E-state index contributed by atoms with van der Waals surface area (Å²) >= 11 is 0. The van der Waals surface area contributed by atoms with Crippen LogP contribution in [0.15, 0.2) is 18.2 Å². The molecule has 0 spiro atoms. The van der Waals surface area contributed by atoms with Crippen molar-refractivity contribution in [1.29, 1.82) is 5.26 Å². The lowest BCUT2D eigenvalue weighted by molar-refractivity contribution is 0.0137. The fraction of sp³-hybridized carbons (Fsp3) is 0.533. The summed E-state index contributed by atoms with van der Waals surface area (Å²) in [7, 11) is 3.72. The highest BCUT2D eigenvalue weighted by Gasteiger charge is 2.32. The van der Waals surface area contributed by atoms with E-state index in [0.717, 1.165) is 25.9 Å². The number of nitriles is 1. The van der Waals surface area contributed by atoms with Gasteiger partial charge in [0.15, 0.2) is 11.5 Å². The van der Waals surface area contributed by atoms with Crippen molar-refractivity contribution in [2.75, 3.05) is 27.2 Å². The van der Waals surface area contributed by atoms with Crippen LogP contribution in [0.1, 0.15) is 25.3 Å². The second kappa shape index (κ2) is 5.50. The van der Waals surface area contributed by atoms with Crippen molar-refractivity contribution in [3.05, 3.63) is 23.8 Å². The summed E-state index contributed by atoms with van der Waals surface area (Å²) in [5.41, 5.74) is 0.359. The van der Waals surface area contributed by atoms with Crippen LogP contribution in [0.3, 0.4) is 0 Å². The molecule has 1 fully saturated rings. The number of likely N-dealkylation sites (tertiary alicyclic amines) is 1. The Hall–Kier alpha value is -1.73. The van der Waals surface area contributed by atoms with Gasteiger partial charge in [0.05, 0.1) is 18.7 Å². The van der Waals surface area contributed by atoms with E-state index in [1.54, 1.807) is 25.3 Å². The molecule has 1 unspecified atom stereocenters. The van der Waals surface area contributed by atoms with Crippen LogP contribution in [0, 0.1) is 11.3 Å². The van der Waals surface area contributed by atoms with Gasteiger partial charge in [-0.2, -0.15) is 5.26 Å². The molecular formula is C15H20N2O2. The molecule has 0 radical (unpaired) electrons. The number of likely N-dealkylation sites (N-methyl/N-ethyl adjacent to an activating group) is 1. The average molecular weight is 260 g/mol. The molecule has 19 heavy (non-hydrogen) atoms. The van der Waals surface area contributed by atoms with Crippen LogP contribution in [-0.4, -0.2) is 37.7 Å². The molecule has 0 saturated carbocycles. The van der Waals surface area contributed by atoms with Crippen LogP contribution in [0.4, 0.5) is 0 Å². The predicted molar refractivity (Wildman–Crippen MR) is 73.5 cm³/mol. The smallest absolute Gasteiger partial charge is 0.163 e. The zero-order valence-corrected chi connectivity index (χ0v) is 11.8. The number of hydrogen-bond donors (Lipinski definition) is 0. The van der Waals surface area contributed by atoms with Crippen molar-refractivity contribution in [3.8, 4) is 17.6 Å². The van der Waals surface area contributed by atoms with E-state index in [2.05, 4.69) is 24.9 Å². The molecule has 0 aliphatic carbocycles. The van der Waals surface area contributed by atoms with Gasteiger partial charge in [-0.1, -0.05) is 0 Å². The number of piperidine rings is 1. The first kappa shape index (κ1) is 13.7. The highest BCUT2D eigenvalue weighted by Crippen LogP contribution is 2.34. The molecule has 1 aromatic carbocycles. The second-order valence-corrected chi connectivity index (χ2v) is 5.37. The van der Waals surface area contributed by atoms with Crippen molar-refractivity contribution < 1.29 is 9.47 Å². The van der Waals surface area contributed by atoms with Crippen LogP contribution in [0.25, 0.3) is 0 Å². The molecule has 1 aromatic rings. The van der Waals surface area contributed by atoms with Crippen LogP contribution < -0.4 is 9.47 Å². The minimum Gasteiger partial charge on any atom is -0.493 e. The molecule has 0 bridgehead atoms. The Balaban J connectivity index is 2.24. The van der Waals surface area contributed by atoms with Gasteiger partial charge >= 0.3 is 0 Å². The maximum absolute atomic E-state index is 8.98. The highest BCUT2D eigenvalue weighted by molar-refractivity contribution is 5.47. The maximum Gasteiger partial charge on any atom is 0.163 e. The summed E-state index contributed by atoms with van der Waals surface area (Å²) in [6.45, 7) is 4.10. The van der Waals surface area contributed by atoms with Gasteiger partial charge in [-0.25, -0.2) is 0 Å². The zero-order chi connectivity index (χ0) is 13.9. The topological polar surface area (TPSA) is 45.5 Å². The van der Waals surface area contributed by atoms with Gasteiger partial charge in [0.2, 0.25) is 0 Å². The number of rotatable bonds is 3. The van der Waals surface area contributed by atoms with E-state index in [1.807, 2.05) is 0 Å². The third-order valence-electron chi connectivity index (χ3n) is 3.50. The molecular weight excluding hydrogens is 240 g/mol. The number of ether oxygens (including phenoxy) is 2. The largest absolute Gasteiger partial charge is 0.493 e. The molecule has 0 amide bonds. The van der Waals surface area contributed by atoms with E-state index < -0.39 is 0 Å². The van der Waals surface area contributed by atoms with Gasteiger partial charge in [0.1, 0.15) is 5.60 Å². The summed E-state index contributed by atoms with van der Waals surface area (Å²) in [5, 5.41) is 8.98. The fourth-order valence-electron chi connectivity index (χ4n) is 2.63. The van der Waals surface area contributed by atoms with E-state index in [1.165, 1.54) is 0 Å². The lowest BCUT2D eigenvalue weighted by atomic mass is 9.95. The lowest BCUT2D eigenvalue weighted by Gasteiger charge is -2.39. The fourth-order valence-corrected chi connectivity index (χ4v) is 2.63. The van der Waals surface area contributed by atoms with Gasteiger partial charge < -0.3 is 14.4 Å². The SMILES string of the molecule is COc1ccc(C#N)cc1OC1(C)CCCN(C)C1. The van der Waals surface area contributed by atoms with Crippen molar-refractivity contribution in [2.24, 2.45) is 0 Å². The number of methoxy groups -OCH3 is 1. The maximum atomic E-state index is 8.98. The van der Waals surface area contributed by atoms with Gasteiger partial charge in [-0.15, -0.1) is 0 Å². The van der Waals surface area contributed by atoms with E-state index in [0.29, 0.717) is 17.1 Å². The molecule has 4 heteroatoms. The first-order valence-electron chi connectivity index (χ1n) is 6.52. The van der Waals surface area contributed by atoms with Crippen molar-refractivity contribution in [3.63, 3.8) is 0 Å². The Bertz CT molecular complexity index is 495. The van der Waals surface area contributed by atoms with Crippen molar-refractivity contribution >= 4 is 0 Å². The summed E-state index contributed by atoms with van der Waals surface area (Å²) in [6.07, 6.45) is 2.13. The van der Waals surface area contributed by atoms with Gasteiger partial charge in [0, 0.05) is 12.6 Å². The molecule has 1 aliphatic rings. The standard InChI is InChI=1S/C15H20N2O2/c1-15(7-4-8-17(2)11-15)19-14-9-12(10-16)5-6-13(14)18-3/h5-6,9H,4,7-8,11H2,1-3H3.